The van der Waals surface area contributed by atoms with Gasteiger partial charge in [-0.1, -0.05) is 6.07 Å². The van der Waals surface area contributed by atoms with Gasteiger partial charge in [-0.2, -0.15) is 0 Å². The van der Waals surface area contributed by atoms with E-state index in [1.165, 1.54) is 0 Å². The first kappa shape index (κ1) is 10.9. The van der Waals surface area contributed by atoms with Crippen LogP contribution in [0.3, 0.4) is 0 Å². The van der Waals surface area contributed by atoms with Crippen LogP contribution in [0.1, 0.15) is 11.4 Å². The SMILES string of the molecule is Cc1nccn1-c1cccc(Br)c1C(=N)N. The van der Waals surface area contributed by atoms with E-state index in [0.717, 1.165) is 16.0 Å². The molecule has 1 aromatic heterocycles. The minimum absolute atomic E-state index is 0.0376. The third-order valence-electron chi connectivity index (χ3n) is 2.35. The molecule has 1 aromatic carbocycles. The molecule has 0 aliphatic heterocycles. The number of nitrogen functional groups attached to an aromatic ring is 1. The molecule has 16 heavy (non-hydrogen) atoms. The topological polar surface area (TPSA) is 67.7 Å². The first-order chi connectivity index (χ1) is 7.61. The lowest BCUT2D eigenvalue weighted by Gasteiger charge is -2.12. The van der Waals surface area contributed by atoms with E-state index >= 15 is 0 Å². The van der Waals surface area contributed by atoms with Crippen molar-refractivity contribution in [3.8, 4) is 5.69 Å². The molecule has 0 saturated carbocycles. The van der Waals surface area contributed by atoms with Gasteiger partial charge in [0.25, 0.3) is 0 Å². The van der Waals surface area contributed by atoms with Crippen molar-refractivity contribution in [3.05, 3.63) is 46.5 Å². The summed E-state index contributed by atoms with van der Waals surface area (Å²) in [7, 11) is 0. The molecule has 0 saturated heterocycles. The summed E-state index contributed by atoms with van der Waals surface area (Å²) in [6, 6.07) is 5.69. The number of imidazole rings is 1. The van der Waals surface area contributed by atoms with Crippen LogP contribution >= 0.6 is 15.9 Å². The van der Waals surface area contributed by atoms with Crippen LogP contribution in [0.5, 0.6) is 0 Å². The number of hydrogen-bond acceptors (Lipinski definition) is 2. The molecule has 2 rings (SSSR count). The van der Waals surface area contributed by atoms with Gasteiger partial charge in [-0.15, -0.1) is 0 Å². The number of nitrogens with zero attached hydrogens (tertiary/aromatic N) is 2. The molecule has 0 unspecified atom stereocenters. The van der Waals surface area contributed by atoms with Gasteiger partial charge in [-0.3, -0.25) is 5.41 Å². The van der Waals surface area contributed by atoms with Crippen molar-refractivity contribution < 1.29 is 0 Å². The highest BCUT2D eigenvalue weighted by molar-refractivity contribution is 9.10. The van der Waals surface area contributed by atoms with E-state index in [0.29, 0.717) is 5.56 Å². The largest absolute Gasteiger partial charge is 0.384 e. The molecule has 0 radical (unpaired) electrons. The molecule has 0 amide bonds. The van der Waals surface area contributed by atoms with E-state index in [9.17, 15) is 0 Å². The number of aryl methyl sites for hydroxylation is 1. The Kier molecular flexibility index (Phi) is 2.78. The molecule has 0 fully saturated rings. The molecule has 1 heterocycles. The number of benzene rings is 1. The highest BCUT2D eigenvalue weighted by Gasteiger charge is 2.12. The standard InChI is InChI=1S/C11H11BrN4/c1-7-15-5-6-16(7)9-4-2-3-8(12)10(9)11(13)14/h2-6H,1H3,(H3,13,14). The molecule has 4 nitrogen and oxygen atoms in total. The molecule has 2 aromatic rings. The van der Waals surface area contributed by atoms with E-state index in [1.807, 2.05) is 35.9 Å². The maximum absolute atomic E-state index is 7.60. The predicted octanol–water partition coefficient (Wildman–Crippen LogP) is 2.23. The molecular formula is C11H11BrN4. The summed E-state index contributed by atoms with van der Waals surface area (Å²) >= 11 is 3.40. The number of nitrogens with one attached hydrogen (secondary N) is 1. The van der Waals surface area contributed by atoms with E-state index in [2.05, 4.69) is 20.9 Å². The Labute approximate surface area is 102 Å². The lowest BCUT2D eigenvalue weighted by atomic mass is 10.1. The number of aromatic nitrogens is 2. The average Bonchev–Trinajstić information content (AvgIpc) is 2.63. The van der Waals surface area contributed by atoms with Gasteiger partial charge in [-0.05, 0) is 35.0 Å². The predicted molar refractivity (Wildman–Crippen MR) is 67.0 cm³/mol. The van der Waals surface area contributed by atoms with Gasteiger partial charge in [0.05, 0.1) is 11.3 Å². The van der Waals surface area contributed by atoms with Crippen LogP contribution < -0.4 is 5.73 Å². The summed E-state index contributed by atoms with van der Waals surface area (Å²) < 4.78 is 2.72. The van der Waals surface area contributed by atoms with Crippen molar-refractivity contribution in [2.75, 3.05) is 0 Å². The Hall–Kier alpha value is -1.62. The van der Waals surface area contributed by atoms with Gasteiger partial charge in [0.15, 0.2) is 0 Å². The zero-order valence-corrected chi connectivity index (χ0v) is 10.3. The van der Waals surface area contributed by atoms with Crippen molar-refractivity contribution in [1.82, 2.24) is 9.55 Å². The Bertz CT molecular complexity index is 545. The van der Waals surface area contributed by atoms with Gasteiger partial charge in [0.1, 0.15) is 11.7 Å². The van der Waals surface area contributed by atoms with Crippen LogP contribution in [0.15, 0.2) is 35.1 Å². The normalized spacial score (nSPS) is 10.4. The molecule has 82 valence electrons. The van der Waals surface area contributed by atoms with Crippen molar-refractivity contribution >= 4 is 21.8 Å². The molecule has 0 aliphatic carbocycles. The molecule has 0 aliphatic rings. The number of hydrogen-bond donors (Lipinski definition) is 2. The van der Waals surface area contributed by atoms with E-state index in [-0.39, 0.29) is 5.84 Å². The second-order valence-corrected chi connectivity index (χ2v) is 4.25. The van der Waals surface area contributed by atoms with Gasteiger partial charge < -0.3 is 10.3 Å². The Morgan fingerprint density at radius 2 is 2.25 bits per heavy atom. The highest BCUT2D eigenvalue weighted by Crippen LogP contribution is 2.23. The number of nitrogens with two attached hydrogens (primary N) is 1. The fraction of sp³-hybridized carbons (Fsp3) is 0.0909. The van der Waals surface area contributed by atoms with Gasteiger partial charge in [-0.25, -0.2) is 4.98 Å². The Balaban J connectivity index is 2.70. The zero-order valence-electron chi connectivity index (χ0n) is 8.74. The van der Waals surface area contributed by atoms with E-state index in [1.54, 1.807) is 6.20 Å². The lowest BCUT2D eigenvalue weighted by molar-refractivity contribution is 0.970. The second kappa shape index (κ2) is 4.09. The molecule has 0 bridgehead atoms. The Morgan fingerprint density at radius 1 is 1.50 bits per heavy atom. The summed E-state index contributed by atoms with van der Waals surface area (Å²) in [6.07, 6.45) is 3.57. The van der Waals surface area contributed by atoms with Crippen molar-refractivity contribution in [3.63, 3.8) is 0 Å². The fourth-order valence-electron chi connectivity index (χ4n) is 1.61. The molecule has 0 atom stereocenters. The van der Waals surface area contributed by atoms with Crippen molar-refractivity contribution in [1.29, 1.82) is 5.41 Å². The summed E-state index contributed by atoms with van der Waals surface area (Å²) in [5.74, 6) is 0.899. The first-order valence-corrected chi connectivity index (χ1v) is 5.54. The summed E-state index contributed by atoms with van der Waals surface area (Å²) in [4.78, 5) is 4.16. The molecule has 5 heteroatoms. The number of halogens is 1. The zero-order chi connectivity index (χ0) is 11.7. The molecule has 0 spiro atoms. The summed E-state index contributed by atoms with van der Waals surface area (Å²) in [5, 5.41) is 7.60. The first-order valence-electron chi connectivity index (χ1n) is 4.74. The van der Waals surface area contributed by atoms with Crippen LogP contribution in [-0.2, 0) is 0 Å². The second-order valence-electron chi connectivity index (χ2n) is 3.39. The average molecular weight is 279 g/mol. The van der Waals surface area contributed by atoms with Gasteiger partial charge >= 0.3 is 0 Å². The quantitative estimate of drug-likeness (QED) is 0.653. The maximum atomic E-state index is 7.60. The van der Waals surface area contributed by atoms with Gasteiger partial charge in [0, 0.05) is 16.9 Å². The van der Waals surface area contributed by atoms with Crippen LogP contribution in [0.4, 0.5) is 0 Å². The molecular weight excluding hydrogens is 268 g/mol. The number of amidine groups is 1. The van der Waals surface area contributed by atoms with Crippen LogP contribution in [0, 0.1) is 12.3 Å². The maximum Gasteiger partial charge on any atom is 0.126 e. The van der Waals surface area contributed by atoms with E-state index in [4.69, 9.17) is 11.1 Å². The minimum atomic E-state index is 0.0376. The molecule has 3 N–H and O–H groups in total. The number of rotatable bonds is 2. The third-order valence-corrected chi connectivity index (χ3v) is 3.01. The summed E-state index contributed by atoms with van der Waals surface area (Å²) in [6.45, 7) is 1.91. The van der Waals surface area contributed by atoms with Crippen molar-refractivity contribution in [2.24, 2.45) is 5.73 Å². The fourth-order valence-corrected chi connectivity index (χ4v) is 2.18. The van der Waals surface area contributed by atoms with Crippen LogP contribution in [0.2, 0.25) is 0 Å². The smallest absolute Gasteiger partial charge is 0.126 e. The third kappa shape index (κ3) is 1.74. The van der Waals surface area contributed by atoms with Crippen molar-refractivity contribution in [2.45, 2.75) is 6.92 Å². The van der Waals surface area contributed by atoms with E-state index < -0.39 is 0 Å². The monoisotopic (exact) mass is 278 g/mol. The lowest BCUT2D eigenvalue weighted by Crippen LogP contribution is -2.15. The van der Waals surface area contributed by atoms with Gasteiger partial charge in [0.2, 0.25) is 0 Å². The van der Waals surface area contributed by atoms with Crippen LogP contribution in [0.25, 0.3) is 5.69 Å². The van der Waals surface area contributed by atoms with Crippen LogP contribution in [-0.4, -0.2) is 15.4 Å². The minimum Gasteiger partial charge on any atom is -0.384 e. The summed E-state index contributed by atoms with van der Waals surface area (Å²) in [5.41, 5.74) is 7.13. The Morgan fingerprint density at radius 3 is 2.81 bits per heavy atom. The highest BCUT2D eigenvalue weighted by atomic mass is 79.9.